The minimum atomic E-state index is 0.561. The fourth-order valence-corrected chi connectivity index (χ4v) is 1.94. The fourth-order valence-electron chi connectivity index (χ4n) is 1.94. The number of hydrogen-bond acceptors (Lipinski definition) is 0. The predicted octanol–water partition coefficient (Wildman–Crippen LogP) is 6.88. The zero-order valence-corrected chi connectivity index (χ0v) is 14.5. The highest BCUT2D eigenvalue weighted by molar-refractivity contribution is 5.15. The van der Waals surface area contributed by atoms with Gasteiger partial charge in [-0.2, -0.15) is 0 Å². The third kappa shape index (κ3) is 9.31. The smallest absolute Gasteiger partial charge is 0.0193 e. The molecule has 1 atom stereocenters. The Kier molecular flexibility index (Phi) is 9.95. The summed E-state index contributed by atoms with van der Waals surface area (Å²) in [5, 5.41) is 0. The van der Waals surface area contributed by atoms with Crippen molar-refractivity contribution in [3.63, 3.8) is 0 Å². The van der Waals surface area contributed by atoms with E-state index >= 15 is 0 Å². The van der Waals surface area contributed by atoms with E-state index in [2.05, 4.69) is 93.6 Å². The van der Waals surface area contributed by atoms with Crippen molar-refractivity contribution in [2.45, 2.75) is 33.1 Å². The van der Waals surface area contributed by atoms with Crippen molar-refractivity contribution < 1.29 is 0 Å². The average molecular weight is 304 g/mol. The highest BCUT2D eigenvalue weighted by atomic mass is 14.0. The van der Waals surface area contributed by atoms with Gasteiger partial charge in [-0.15, -0.1) is 0 Å². The molecule has 23 heavy (non-hydrogen) atoms. The molecule has 0 heteroatoms. The Morgan fingerprint density at radius 1 is 0.609 bits per heavy atom. The zero-order chi connectivity index (χ0) is 16.8. The summed E-state index contributed by atoms with van der Waals surface area (Å²) >= 11 is 0. The second-order valence-corrected chi connectivity index (χ2v) is 5.53. The van der Waals surface area contributed by atoms with E-state index in [-0.39, 0.29) is 0 Å². The van der Waals surface area contributed by atoms with Gasteiger partial charge in [-0.1, -0.05) is 116 Å². The van der Waals surface area contributed by atoms with Gasteiger partial charge >= 0.3 is 0 Å². The van der Waals surface area contributed by atoms with Crippen molar-refractivity contribution in [1.29, 1.82) is 0 Å². The normalized spacial score (nSPS) is 10.4. The molecular formula is C23H28. The van der Waals surface area contributed by atoms with Gasteiger partial charge in [0.15, 0.2) is 0 Å². The minimum Gasteiger partial charge on any atom is -0.0648 e. The van der Waals surface area contributed by atoms with E-state index in [0.29, 0.717) is 5.92 Å². The summed E-state index contributed by atoms with van der Waals surface area (Å²) in [5.41, 5.74) is 2.57. The fraction of sp³-hybridized carbons (Fsp3) is 0.217. The summed E-state index contributed by atoms with van der Waals surface area (Å²) in [4.78, 5) is 0. The van der Waals surface area contributed by atoms with Crippen molar-refractivity contribution in [1.82, 2.24) is 0 Å². The second kappa shape index (κ2) is 12.2. The Balaban J connectivity index is 3.28. The lowest BCUT2D eigenvalue weighted by atomic mass is 10.0. The molecule has 0 fully saturated rings. The lowest BCUT2D eigenvalue weighted by molar-refractivity contribution is 0.734. The molecule has 0 heterocycles. The summed E-state index contributed by atoms with van der Waals surface area (Å²) in [7, 11) is 0. The lowest BCUT2D eigenvalue weighted by Crippen LogP contribution is -1.87. The molecule has 1 aromatic carbocycles. The minimum absolute atomic E-state index is 0.561. The van der Waals surface area contributed by atoms with Crippen LogP contribution < -0.4 is 0 Å². The standard InChI is InChI=1S/C23H28/c1-4-22(3)23-19-15-11-7-5-9-13-17-21(2)18-14-10-6-8-12-16-20-23/h5-20,22H,4H2,1-3H3. The first-order valence-electron chi connectivity index (χ1n) is 8.30. The molecule has 0 bridgehead atoms. The third-order valence-corrected chi connectivity index (χ3v) is 3.59. The molecule has 0 saturated heterocycles. The van der Waals surface area contributed by atoms with Gasteiger partial charge in [0.1, 0.15) is 0 Å². The molecule has 0 aliphatic rings. The van der Waals surface area contributed by atoms with Gasteiger partial charge in [-0.25, -0.2) is 0 Å². The SMILES string of the molecule is CCC(C)c1ccccccccc(C)cccccccc1. The van der Waals surface area contributed by atoms with Crippen LogP contribution in [-0.2, 0) is 0 Å². The Bertz CT molecular complexity index is 578. The van der Waals surface area contributed by atoms with Crippen LogP contribution in [0.15, 0.2) is 97.1 Å². The predicted molar refractivity (Wildman–Crippen MR) is 103 cm³/mol. The van der Waals surface area contributed by atoms with Gasteiger partial charge in [0, 0.05) is 0 Å². The van der Waals surface area contributed by atoms with Crippen LogP contribution in [0.1, 0.15) is 37.3 Å². The highest BCUT2D eigenvalue weighted by Crippen LogP contribution is 2.15. The Morgan fingerprint density at radius 3 is 1.35 bits per heavy atom. The van der Waals surface area contributed by atoms with Crippen molar-refractivity contribution in [3.05, 3.63) is 108 Å². The highest BCUT2D eigenvalue weighted by Gasteiger charge is 1.98. The van der Waals surface area contributed by atoms with Gasteiger partial charge in [-0.3, -0.25) is 0 Å². The van der Waals surface area contributed by atoms with Crippen molar-refractivity contribution >= 4 is 0 Å². The van der Waals surface area contributed by atoms with Crippen LogP contribution in [0.4, 0.5) is 0 Å². The van der Waals surface area contributed by atoms with Crippen LogP contribution in [0.3, 0.4) is 0 Å². The first-order valence-corrected chi connectivity index (χ1v) is 8.30. The maximum absolute atomic E-state index is 2.26. The van der Waals surface area contributed by atoms with Crippen LogP contribution in [0.2, 0.25) is 0 Å². The Morgan fingerprint density at radius 2 is 0.957 bits per heavy atom. The monoisotopic (exact) mass is 304 g/mol. The largest absolute Gasteiger partial charge is 0.0648 e. The van der Waals surface area contributed by atoms with Crippen LogP contribution in [0, 0.1) is 6.92 Å². The molecule has 0 nitrogen and oxygen atoms in total. The van der Waals surface area contributed by atoms with Crippen molar-refractivity contribution in [2.75, 3.05) is 0 Å². The molecule has 0 aliphatic heterocycles. The summed E-state index contributed by atoms with van der Waals surface area (Å²) in [6.45, 7) is 6.58. The molecule has 0 aliphatic carbocycles. The maximum Gasteiger partial charge on any atom is -0.0193 e. The van der Waals surface area contributed by atoms with E-state index in [1.54, 1.807) is 0 Å². The van der Waals surface area contributed by atoms with Crippen LogP contribution in [0.5, 0.6) is 0 Å². The van der Waals surface area contributed by atoms with E-state index in [9.17, 15) is 0 Å². The molecule has 0 amide bonds. The number of aryl methyl sites for hydroxylation is 1. The van der Waals surface area contributed by atoms with E-state index in [4.69, 9.17) is 0 Å². The number of rotatable bonds is 2. The zero-order valence-electron chi connectivity index (χ0n) is 14.5. The molecule has 1 unspecified atom stereocenters. The molecule has 0 aromatic heterocycles. The van der Waals surface area contributed by atoms with E-state index in [1.807, 2.05) is 24.3 Å². The van der Waals surface area contributed by atoms with Crippen LogP contribution >= 0.6 is 0 Å². The third-order valence-electron chi connectivity index (χ3n) is 3.59. The Labute approximate surface area is 141 Å². The van der Waals surface area contributed by atoms with Crippen molar-refractivity contribution in [2.24, 2.45) is 0 Å². The maximum atomic E-state index is 2.26. The molecular weight excluding hydrogens is 276 g/mol. The molecule has 120 valence electrons. The average Bonchev–Trinajstić information content (AvgIpc) is 2.56. The first kappa shape index (κ1) is 18.7. The van der Waals surface area contributed by atoms with Crippen LogP contribution in [-0.4, -0.2) is 0 Å². The summed E-state index contributed by atoms with van der Waals surface area (Å²) in [6.07, 6.45) is 1.14. The summed E-state index contributed by atoms with van der Waals surface area (Å²) < 4.78 is 0. The quantitative estimate of drug-likeness (QED) is 0.558. The summed E-state index contributed by atoms with van der Waals surface area (Å²) in [5.74, 6) is 0.561. The van der Waals surface area contributed by atoms with Gasteiger partial charge in [0.2, 0.25) is 0 Å². The molecule has 1 aromatic rings. The lowest BCUT2D eigenvalue weighted by Gasteiger charge is -2.05. The molecule has 0 spiro atoms. The summed E-state index contributed by atoms with van der Waals surface area (Å²) in [6, 6.07) is 33.3. The van der Waals surface area contributed by atoms with Crippen molar-refractivity contribution in [3.8, 4) is 0 Å². The van der Waals surface area contributed by atoms with Gasteiger partial charge in [0.05, 0.1) is 0 Å². The van der Waals surface area contributed by atoms with Gasteiger partial charge in [0.25, 0.3) is 0 Å². The number of hydrogen-bond donors (Lipinski definition) is 0. The molecule has 0 radical (unpaired) electrons. The van der Waals surface area contributed by atoms with Crippen LogP contribution in [0.25, 0.3) is 0 Å². The van der Waals surface area contributed by atoms with E-state index in [0.717, 1.165) is 6.42 Å². The topological polar surface area (TPSA) is 0 Å². The van der Waals surface area contributed by atoms with E-state index < -0.39 is 0 Å². The van der Waals surface area contributed by atoms with E-state index in [1.165, 1.54) is 11.1 Å². The molecule has 0 N–H and O–H groups in total. The Hall–Kier alpha value is -2.34. The van der Waals surface area contributed by atoms with Gasteiger partial charge < -0.3 is 0 Å². The molecule has 1 rings (SSSR count). The van der Waals surface area contributed by atoms with Gasteiger partial charge in [-0.05, 0) is 24.8 Å². The molecule has 0 saturated carbocycles. The first-order chi connectivity index (χ1) is 11.2. The second-order valence-electron chi connectivity index (χ2n) is 5.53.